The molecular formula is C10H15N2O2-. The van der Waals surface area contributed by atoms with Crippen molar-refractivity contribution in [3.8, 4) is 0 Å². The van der Waals surface area contributed by atoms with E-state index in [1.807, 2.05) is 25.1 Å². The molecule has 0 unspecified atom stereocenters. The summed E-state index contributed by atoms with van der Waals surface area (Å²) >= 11 is 0. The summed E-state index contributed by atoms with van der Waals surface area (Å²) in [5.41, 5.74) is 0. The van der Waals surface area contributed by atoms with Crippen molar-refractivity contribution in [1.29, 1.82) is 0 Å². The third kappa shape index (κ3) is 2.08. The third-order valence-electron chi connectivity index (χ3n) is 2.22. The zero-order chi connectivity index (χ0) is 10.1. The summed E-state index contributed by atoms with van der Waals surface area (Å²) in [6, 6.07) is 3.78. The van der Waals surface area contributed by atoms with E-state index in [0.29, 0.717) is 5.88 Å². The highest BCUT2D eigenvalue weighted by Crippen LogP contribution is 2.31. The number of hydrogen-bond donors (Lipinski definition) is 0. The Morgan fingerprint density at radius 2 is 2.14 bits per heavy atom. The van der Waals surface area contributed by atoms with Gasteiger partial charge in [0.05, 0.1) is 6.54 Å². The monoisotopic (exact) mass is 195 g/mol. The Morgan fingerprint density at radius 3 is 2.71 bits per heavy atom. The van der Waals surface area contributed by atoms with Gasteiger partial charge in [-0.1, -0.05) is 0 Å². The van der Waals surface area contributed by atoms with Gasteiger partial charge < -0.3 is 19.6 Å². The van der Waals surface area contributed by atoms with Crippen LogP contribution in [0.3, 0.4) is 0 Å². The Hall–Kier alpha value is -1.00. The molecular weight excluding hydrogens is 180 g/mol. The van der Waals surface area contributed by atoms with E-state index >= 15 is 0 Å². The van der Waals surface area contributed by atoms with Crippen molar-refractivity contribution in [2.45, 2.75) is 25.4 Å². The van der Waals surface area contributed by atoms with E-state index < -0.39 is 0 Å². The summed E-state index contributed by atoms with van der Waals surface area (Å²) in [5.74, 6) is 1.29. The predicted octanol–water partition coefficient (Wildman–Crippen LogP) is 1.81. The van der Waals surface area contributed by atoms with E-state index in [4.69, 9.17) is 4.42 Å². The Labute approximate surface area is 83.7 Å². The Balaban J connectivity index is 2.01. The van der Waals surface area contributed by atoms with Gasteiger partial charge in [-0.15, -0.1) is 0 Å². The first kappa shape index (κ1) is 9.55. The Kier molecular flexibility index (Phi) is 2.48. The van der Waals surface area contributed by atoms with Gasteiger partial charge in [0.15, 0.2) is 5.88 Å². The number of rotatable bonds is 4. The standard InChI is InChI=1S/C10H15N2O2/c1-11(2)7-9-5-6-10(14-9)12(13)8-3-4-8/h5-6,8H,3-4,7H2,1-2H3/q-1. The summed E-state index contributed by atoms with van der Waals surface area (Å²) in [5, 5.41) is 12.5. The quantitative estimate of drug-likeness (QED) is 0.687. The second-order valence-electron chi connectivity index (χ2n) is 4.03. The summed E-state index contributed by atoms with van der Waals surface area (Å²) in [6.45, 7) is 0.735. The average molecular weight is 195 g/mol. The van der Waals surface area contributed by atoms with E-state index in [1.54, 1.807) is 6.07 Å². The maximum Gasteiger partial charge on any atom is 0.185 e. The average Bonchev–Trinajstić information content (AvgIpc) is 2.86. The van der Waals surface area contributed by atoms with E-state index in [-0.39, 0.29) is 6.04 Å². The van der Waals surface area contributed by atoms with Crippen LogP contribution < -0.4 is 5.06 Å². The lowest BCUT2D eigenvalue weighted by molar-refractivity contribution is 0.352. The van der Waals surface area contributed by atoms with Crippen molar-refractivity contribution in [2.24, 2.45) is 0 Å². The third-order valence-corrected chi connectivity index (χ3v) is 2.22. The lowest BCUT2D eigenvalue weighted by atomic mass is 10.4. The summed E-state index contributed by atoms with van der Waals surface area (Å²) in [6.07, 6.45) is 1.99. The molecule has 0 spiro atoms. The normalized spacial score (nSPS) is 16.3. The topological polar surface area (TPSA) is 42.7 Å². The molecule has 0 N–H and O–H groups in total. The Bertz CT molecular complexity index is 305. The molecule has 1 aromatic rings. The summed E-state index contributed by atoms with van der Waals surface area (Å²) < 4.78 is 5.43. The molecule has 0 radical (unpaired) electrons. The van der Waals surface area contributed by atoms with Crippen LogP contribution in [0.5, 0.6) is 0 Å². The highest BCUT2D eigenvalue weighted by atomic mass is 16.5. The van der Waals surface area contributed by atoms with Crippen LogP contribution in [0.1, 0.15) is 18.6 Å². The van der Waals surface area contributed by atoms with Gasteiger partial charge in [-0.05, 0) is 33.0 Å². The number of furan rings is 1. The molecule has 0 atom stereocenters. The smallest absolute Gasteiger partial charge is 0.185 e. The first-order valence-corrected chi connectivity index (χ1v) is 4.86. The molecule has 1 aliphatic carbocycles. The second-order valence-corrected chi connectivity index (χ2v) is 4.03. The fraction of sp³-hybridized carbons (Fsp3) is 0.600. The van der Waals surface area contributed by atoms with Gasteiger partial charge in [-0.25, -0.2) is 0 Å². The van der Waals surface area contributed by atoms with Gasteiger partial charge in [0, 0.05) is 12.1 Å². The predicted molar refractivity (Wildman–Crippen MR) is 55.0 cm³/mol. The van der Waals surface area contributed by atoms with Crippen LogP contribution in [0, 0.1) is 5.21 Å². The molecule has 4 heteroatoms. The number of anilines is 1. The second kappa shape index (κ2) is 3.63. The first-order chi connectivity index (χ1) is 6.66. The summed E-state index contributed by atoms with van der Waals surface area (Å²) in [7, 11) is 3.94. The largest absolute Gasteiger partial charge is 0.756 e. The van der Waals surface area contributed by atoms with Gasteiger partial charge in [0.2, 0.25) is 0 Å². The van der Waals surface area contributed by atoms with Crippen molar-refractivity contribution >= 4 is 5.88 Å². The number of hydrogen-bond acceptors (Lipinski definition) is 4. The lowest BCUT2D eigenvalue weighted by Crippen LogP contribution is -2.16. The Morgan fingerprint density at radius 1 is 1.43 bits per heavy atom. The zero-order valence-corrected chi connectivity index (χ0v) is 8.56. The maximum absolute atomic E-state index is 11.5. The van der Waals surface area contributed by atoms with Crippen LogP contribution in [-0.2, 0) is 6.54 Å². The van der Waals surface area contributed by atoms with E-state index in [2.05, 4.69) is 0 Å². The van der Waals surface area contributed by atoms with E-state index in [1.165, 1.54) is 0 Å². The van der Waals surface area contributed by atoms with Crippen LogP contribution >= 0.6 is 0 Å². The van der Waals surface area contributed by atoms with Crippen LogP contribution in [0.2, 0.25) is 0 Å². The molecule has 1 fully saturated rings. The van der Waals surface area contributed by atoms with Crippen LogP contribution in [0.4, 0.5) is 5.88 Å². The maximum atomic E-state index is 11.5. The fourth-order valence-corrected chi connectivity index (χ4v) is 1.37. The van der Waals surface area contributed by atoms with Gasteiger partial charge in [0.25, 0.3) is 0 Å². The lowest BCUT2D eigenvalue weighted by Gasteiger charge is -2.27. The molecule has 0 aromatic carbocycles. The molecule has 1 saturated carbocycles. The molecule has 1 heterocycles. The van der Waals surface area contributed by atoms with Crippen LogP contribution in [0.15, 0.2) is 16.5 Å². The molecule has 4 nitrogen and oxygen atoms in total. The highest BCUT2D eigenvalue weighted by Gasteiger charge is 2.24. The van der Waals surface area contributed by atoms with Gasteiger partial charge >= 0.3 is 0 Å². The highest BCUT2D eigenvalue weighted by molar-refractivity contribution is 5.40. The fourth-order valence-electron chi connectivity index (χ4n) is 1.37. The van der Waals surface area contributed by atoms with Crippen molar-refractivity contribution in [2.75, 3.05) is 19.2 Å². The molecule has 14 heavy (non-hydrogen) atoms. The minimum Gasteiger partial charge on any atom is -0.756 e. The van der Waals surface area contributed by atoms with Gasteiger partial charge in [0.1, 0.15) is 5.76 Å². The van der Waals surface area contributed by atoms with Crippen molar-refractivity contribution in [3.63, 3.8) is 0 Å². The summed E-state index contributed by atoms with van der Waals surface area (Å²) in [4.78, 5) is 2.01. The van der Waals surface area contributed by atoms with E-state index in [0.717, 1.165) is 30.2 Å². The molecule has 78 valence electrons. The van der Waals surface area contributed by atoms with Crippen molar-refractivity contribution in [3.05, 3.63) is 23.1 Å². The molecule has 0 aliphatic heterocycles. The SMILES string of the molecule is CN(C)Cc1ccc(N([O-])C2CC2)o1. The van der Waals surface area contributed by atoms with Crippen LogP contribution in [0.25, 0.3) is 0 Å². The van der Waals surface area contributed by atoms with Gasteiger partial charge in [-0.2, -0.15) is 0 Å². The molecule has 0 bridgehead atoms. The molecule has 1 aliphatic rings. The number of hydroxylamine groups is 1. The molecule has 0 saturated heterocycles. The first-order valence-electron chi connectivity index (χ1n) is 4.86. The van der Waals surface area contributed by atoms with Crippen molar-refractivity contribution in [1.82, 2.24) is 4.90 Å². The van der Waals surface area contributed by atoms with Gasteiger partial charge in [-0.3, -0.25) is 0 Å². The minimum absolute atomic E-state index is 0.161. The zero-order valence-electron chi connectivity index (χ0n) is 8.56. The van der Waals surface area contributed by atoms with Crippen molar-refractivity contribution < 1.29 is 4.42 Å². The van der Waals surface area contributed by atoms with Crippen LogP contribution in [-0.4, -0.2) is 25.0 Å². The molecule has 1 aromatic heterocycles. The molecule has 2 rings (SSSR count). The number of nitrogens with zero attached hydrogens (tertiary/aromatic N) is 2. The van der Waals surface area contributed by atoms with E-state index in [9.17, 15) is 5.21 Å². The molecule has 0 amide bonds. The minimum atomic E-state index is 0.161.